The Bertz CT molecular complexity index is 1450. The smallest absolute Gasteiger partial charge is 0.333 e. The van der Waals surface area contributed by atoms with Crippen molar-refractivity contribution in [3.63, 3.8) is 0 Å². The predicted molar refractivity (Wildman–Crippen MR) is 132 cm³/mol. The Morgan fingerprint density at radius 3 is 2.02 bits per heavy atom. The van der Waals surface area contributed by atoms with E-state index in [0.29, 0.717) is 23.3 Å². The Balaban J connectivity index is 1.82. The highest BCUT2D eigenvalue weighted by molar-refractivity contribution is 5.74. The Labute approximate surface area is 229 Å². The van der Waals surface area contributed by atoms with Crippen LogP contribution in [0.1, 0.15) is 41.2 Å². The van der Waals surface area contributed by atoms with Crippen LogP contribution in [0.5, 0.6) is 0 Å². The molecular formula is C27H24F9N5. The fourth-order valence-electron chi connectivity index (χ4n) is 4.90. The first-order valence-corrected chi connectivity index (χ1v) is 12.2. The van der Waals surface area contributed by atoms with Gasteiger partial charge >= 0.3 is 18.5 Å². The second-order valence-electron chi connectivity index (χ2n) is 10.2. The Morgan fingerprint density at radius 1 is 0.878 bits per heavy atom. The number of aromatic nitrogens is 4. The minimum atomic E-state index is -5.07. The molecule has 0 N–H and O–H groups in total. The van der Waals surface area contributed by atoms with Gasteiger partial charge in [0.1, 0.15) is 0 Å². The molecule has 1 aromatic heterocycles. The molecule has 220 valence electrons. The highest BCUT2D eigenvalue weighted by Gasteiger charge is 2.44. The first-order valence-electron chi connectivity index (χ1n) is 12.2. The van der Waals surface area contributed by atoms with E-state index in [1.165, 1.54) is 18.0 Å². The molecule has 0 saturated heterocycles. The Kier molecular flexibility index (Phi) is 7.74. The number of anilines is 1. The van der Waals surface area contributed by atoms with Crippen LogP contribution in [0, 0.1) is 12.3 Å². The summed E-state index contributed by atoms with van der Waals surface area (Å²) in [4.78, 5) is 2.27. The SMILES string of the molecule is Cc1cccc(C2=CC=C(C(F)(F)F)CC2(C)CN(Cc2cc(C(F)(F)F)cc(C(F)(F)F)c2)c2nnn(C)n2)c1. The van der Waals surface area contributed by atoms with Gasteiger partial charge < -0.3 is 4.90 Å². The van der Waals surface area contributed by atoms with Crippen LogP contribution in [0.2, 0.25) is 0 Å². The molecule has 2 aromatic carbocycles. The standard InChI is InChI=1S/C27H24F9N5/c1-16-5-4-6-18(9-16)22-8-7-19(25(28,29)30)13-24(22,2)15-41(23-37-39-40(3)38-23)14-17-10-20(26(31,32)33)12-21(11-17)27(34,35)36/h4-12H,13-15H2,1-3H3. The second-order valence-corrected chi connectivity index (χ2v) is 10.2. The van der Waals surface area contributed by atoms with Crippen molar-refractivity contribution < 1.29 is 39.5 Å². The van der Waals surface area contributed by atoms with Crippen LogP contribution >= 0.6 is 0 Å². The van der Waals surface area contributed by atoms with E-state index in [-0.39, 0.29) is 24.1 Å². The van der Waals surface area contributed by atoms with Gasteiger partial charge in [-0.2, -0.15) is 44.3 Å². The zero-order valence-electron chi connectivity index (χ0n) is 22.0. The number of allylic oxidation sites excluding steroid dienone is 3. The molecule has 1 atom stereocenters. The third-order valence-electron chi connectivity index (χ3n) is 6.72. The molecule has 3 aromatic rings. The van der Waals surface area contributed by atoms with E-state index in [1.807, 2.05) is 13.0 Å². The van der Waals surface area contributed by atoms with Gasteiger partial charge in [0.05, 0.1) is 18.2 Å². The molecule has 0 amide bonds. The summed E-state index contributed by atoms with van der Waals surface area (Å²) >= 11 is 0. The average Bonchev–Trinajstić information content (AvgIpc) is 3.28. The number of aryl methyl sites for hydroxylation is 2. The highest BCUT2D eigenvalue weighted by Crippen LogP contribution is 2.48. The molecule has 5 nitrogen and oxygen atoms in total. The topological polar surface area (TPSA) is 46.8 Å². The maximum absolute atomic E-state index is 13.8. The molecule has 0 fully saturated rings. The highest BCUT2D eigenvalue weighted by atomic mass is 19.4. The summed E-state index contributed by atoms with van der Waals surface area (Å²) in [5, 5.41) is 11.6. The number of halogens is 9. The van der Waals surface area contributed by atoms with Crippen LogP contribution in [0.15, 0.2) is 60.2 Å². The normalized spacial score (nSPS) is 18.2. The number of benzene rings is 2. The molecule has 41 heavy (non-hydrogen) atoms. The fourth-order valence-corrected chi connectivity index (χ4v) is 4.90. The molecule has 1 unspecified atom stereocenters. The lowest BCUT2D eigenvalue weighted by Crippen LogP contribution is -2.40. The van der Waals surface area contributed by atoms with Crippen molar-refractivity contribution in [2.45, 2.75) is 45.3 Å². The maximum atomic E-state index is 13.8. The van der Waals surface area contributed by atoms with Crippen molar-refractivity contribution in [2.24, 2.45) is 12.5 Å². The van der Waals surface area contributed by atoms with E-state index in [9.17, 15) is 39.5 Å². The Hall–Kier alpha value is -3.84. The molecule has 1 aliphatic carbocycles. The van der Waals surface area contributed by atoms with Gasteiger partial charge in [-0.05, 0) is 53.5 Å². The van der Waals surface area contributed by atoms with E-state index in [0.717, 1.165) is 16.4 Å². The van der Waals surface area contributed by atoms with Crippen LogP contribution in [0.3, 0.4) is 0 Å². The maximum Gasteiger partial charge on any atom is 0.416 e. The molecule has 4 rings (SSSR count). The predicted octanol–water partition coefficient (Wildman–Crippen LogP) is 7.55. The van der Waals surface area contributed by atoms with Gasteiger partial charge in [-0.25, -0.2) is 0 Å². The van der Waals surface area contributed by atoms with Gasteiger partial charge in [-0.15, -0.1) is 5.10 Å². The van der Waals surface area contributed by atoms with Crippen LogP contribution in [-0.4, -0.2) is 32.9 Å². The lowest BCUT2D eigenvalue weighted by molar-refractivity contribution is -0.143. The lowest BCUT2D eigenvalue weighted by Gasteiger charge is -2.40. The van der Waals surface area contributed by atoms with Crippen molar-refractivity contribution >= 4 is 11.5 Å². The van der Waals surface area contributed by atoms with E-state index < -0.39 is 53.6 Å². The van der Waals surface area contributed by atoms with E-state index in [1.54, 1.807) is 25.1 Å². The fraction of sp³-hybridized carbons (Fsp3) is 0.370. The van der Waals surface area contributed by atoms with Gasteiger partial charge in [-0.1, -0.05) is 54.0 Å². The number of hydrogen-bond acceptors (Lipinski definition) is 4. The van der Waals surface area contributed by atoms with Gasteiger partial charge in [0.25, 0.3) is 5.95 Å². The molecule has 14 heteroatoms. The van der Waals surface area contributed by atoms with Gasteiger partial charge in [0, 0.05) is 24.1 Å². The van der Waals surface area contributed by atoms with Crippen LogP contribution in [0.25, 0.3) is 5.57 Å². The van der Waals surface area contributed by atoms with Crippen LogP contribution in [-0.2, 0) is 25.9 Å². The summed E-state index contributed by atoms with van der Waals surface area (Å²) in [5.74, 6) is -0.175. The molecule has 1 aliphatic rings. The summed E-state index contributed by atoms with van der Waals surface area (Å²) < 4.78 is 123. The molecule has 1 heterocycles. The second kappa shape index (κ2) is 10.5. The third-order valence-corrected chi connectivity index (χ3v) is 6.72. The van der Waals surface area contributed by atoms with E-state index in [2.05, 4.69) is 15.4 Å². The van der Waals surface area contributed by atoms with Gasteiger partial charge in [-0.3, -0.25) is 0 Å². The van der Waals surface area contributed by atoms with Gasteiger partial charge in [0.2, 0.25) is 0 Å². The van der Waals surface area contributed by atoms with Crippen molar-refractivity contribution in [1.29, 1.82) is 0 Å². The first kappa shape index (κ1) is 30.1. The molecular weight excluding hydrogens is 565 g/mol. The summed E-state index contributed by atoms with van der Waals surface area (Å²) in [5.41, 5.74) is -3.59. The summed E-state index contributed by atoms with van der Waals surface area (Å²) in [7, 11) is 1.39. The van der Waals surface area contributed by atoms with Crippen molar-refractivity contribution in [2.75, 3.05) is 11.4 Å². The number of nitrogens with zero attached hydrogens (tertiary/aromatic N) is 5. The third kappa shape index (κ3) is 6.91. The minimum absolute atomic E-state index is 0.00976. The number of alkyl halides is 9. The summed E-state index contributed by atoms with van der Waals surface area (Å²) in [6, 6.07) is 8.19. The summed E-state index contributed by atoms with van der Waals surface area (Å²) in [6.45, 7) is 2.50. The number of rotatable bonds is 6. The Morgan fingerprint density at radius 2 is 1.51 bits per heavy atom. The number of tetrazole rings is 1. The van der Waals surface area contributed by atoms with Crippen LogP contribution in [0.4, 0.5) is 45.5 Å². The molecule has 0 spiro atoms. The van der Waals surface area contributed by atoms with Crippen molar-refractivity contribution in [1.82, 2.24) is 20.2 Å². The largest absolute Gasteiger partial charge is 0.416 e. The zero-order valence-corrected chi connectivity index (χ0v) is 22.0. The quantitative estimate of drug-likeness (QED) is 0.279. The monoisotopic (exact) mass is 589 g/mol. The zero-order chi connectivity index (χ0) is 30.4. The summed E-state index contributed by atoms with van der Waals surface area (Å²) in [6.07, 6.45) is -13.0. The molecule has 0 radical (unpaired) electrons. The van der Waals surface area contributed by atoms with Crippen molar-refractivity contribution in [3.8, 4) is 0 Å². The molecule has 0 aliphatic heterocycles. The lowest BCUT2D eigenvalue weighted by atomic mass is 9.70. The van der Waals surface area contributed by atoms with Gasteiger partial charge in [0.15, 0.2) is 0 Å². The van der Waals surface area contributed by atoms with Crippen LogP contribution < -0.4 is 4.90 Å². The van der Waals surface area contributed by atoms with E-state index >= 15 is 0 Å². The minimum Gasteiger partial charge on any atom is -0.333 e. The van der Waals surface area contributed by atoms with E-state index in [4.69, 9.17) is 0 Å². The first-order chi connectivity index (χ1) is 18.8. The molecule has 0 bridgehead atoms. The molecule has 0 saturated carbocycles. The average molecular weight is 590 g/mol. The van der Waals surface area contributed by atoms with Crippen molar-refractivity contribution in [3.05, 3.63) is 88.0 Å². The number of hydrogen-bond donors (Lipinski definition) is 0.